The quantitative estimate of drug-likeness (QED) is 0.267. The molecule has 0 N–H and O–H groups in total. The zero-order valence-electron chi connectivity index (χ0n) is 21.4. The Morgan fingerprint density at radius 2 is 1.67 bits per heavy atom. The van der Waals surface area contributed by atoms with E-state index in [-0.39, 0.29) is 5.91 Å². The van der Waals surface area contributed by atoms with Crippen molar-refractivity contribution in [2.45, 2.75) is 46.6 Å². The van der Waals surface area contributed by atoms with Gasteiger partial charge in [-0.15, -0.1) is 0 Å². The van der Waals surface area contributed by atoms with E-state index >= 15 is 0 Å². The van der Waals surface area contributed by atoms with Crippen LogP contribution in [-0.4, -0.2) is 21.9 Å². The van der Waals surface area contributed by atoms with Gasteiger partial charge in [-0.3, -0.25) is 4.79 Å². The smallest absolute Gasteiger partial charge is 0.223 e. The van der Waals surface area contributed by atoms with Crippen molar-refractivity contribution in [1.82, 2.24) is 9.47 Å². The van der Waals surface area contributed by atoms with Gasteiger partial charge >= 0.3 is 0 Å². The molecule has 4 nitrogen and oxygen atoms in total. The summed E-state index contributed by atoms with van der Waals surface area (Å²) in [5.74, 6) is 0.159. The Balaban J connectivity index is 1.63. The predicted octanol–water partition coefficient (Wildman–Crippen LogP) is 6.81. The molecule has 1 amide bonds. The van der Waals surface area contributed by atoms with Gasteiger partial charge in [-0.1, -0.05) is 66.2 Å². The van der Waals surface area contributed by atoms with Gasteiger partial charge in [0.15, 0.2) is 0 Å². The Labute approximate surface area is 214 Å². The van der Waals surface area contributed by atoms with Crippen LogP contribution in [0.1, 0.15) is 41.3 Å². The van der Waals surface area contributed by atoms with Gasteiger partial charge in [-0.25, -0.2) is 0 Å². The summed E-state index contributed by atoms with van der Waals surface area (Å²) in [7, 11) is 0. The van der Waals surface area contributed by atoms with Crippen LogP contribution in [0, 0.1) is 25.2 Å². The molecule has 0 aliphatic carbocycles. The van der Waals surface area contributed by atoms with Crippen LogP contribution in [0.2, 0.25) is 0 Å². The molecule has 0 aliphatic heterocycles. The number of aromatic nitrogens is 1. The van der Waals surface area contributed by atoms with E-state index in [1.807, 2.05) is 42.2 Å². The summed E-state index contributed by atoms with van der Waals surface area (Å²) in [4.78, 5) is 15.1. The zero-order valence-corrected chi connectivity index (χ0v) is 21.4. The second kappa shape index (κ2) is 11.6. The van der Waals surface area contributed by atoms with Gasteiger partial charge in [0, 0.05) is 36.5 Å². The highest BCUT2D eigenvalue weighted by Gasteiger charge is 2.17. The summed E-state index contributed by atoms with van der Waals surface area (Å²) in [6.07, 6.45) is 1.49. The number of carbonyl (C=O) groups excluding carboxylic acids is 1. The summed E-state index contributed by atoms with van der Waals surface area (Å²) >= 11 is 0. The summed E-state index contributed by atoms with van der Waals surface area (Å²) in [6.45, 7) is 7.59. The molecule has 3 aromatic carbocycles. The van der Waals surface area contributed by atoms with Crippen molar-refractivity contribution < 1.29 is 4.79 Å². The molecular formula is C32H33N3O. The minimum absolute atomic E-state index is 0.159. The topological polar surface area (TPSA) is 49.0 Å². The van der Waals surface area contributed by atoms with E-state index < -0.39 is 0 Å². The number of carbonyl (C=O) groups is 1. The van der Waals surface area contributed by atoms with E-state index in [1.165, 1.54) is 16.7 Å². The molecule has 0 saturated carbocycles. The standard InChI is InChI=1S/C32H33N3O/c1-4-34(23-27-8-6-5-7-9-27)32(36)19-16-29-15-18-31(30-17-10-24(2)22-25(30)3)35(29)28-13-11-26(12-14-28)20-21-33/h5-15,17-18,22H,4,16,19-20,23H2,1-3H3. The number of rotatable bonds is 9. The van der Waals surface area contributed by atoms with E-state index in [9.17, 15) is 4.79 Å². The zero-order chi connectivity index (χ0) is 25.5. The van der Waals surface area contributed by atoms with Crippen LogP contribution in [0.25, 0.3) is 16.9 Å². The van der Waals surface area contributed by atoms with Gasteiger partial charge in [-0.05, 0) is 68.1 Å². The molecule has 4 rings (SSSR count). The SMILES string of the molecule is CCN(Cc1ccccc1)C(=O)CCc1ccc(-c2ccc(C)cc2C)n1-c1ccc(CC#N)cc1. The molecule has 0 radical (unpaired) electrons. The molecule has 4 aromatic rings. The van der Waals surface area contributed by atoms with Crippen LogP contribution in [0.5, 0.6) is 0 Å². The minimum atomic E-state index is 0.159. The maximum atomic E-state index is 13.2. The number of hydrogen-bond acceptors (Lipinski definition) is 2. The Morgan fingerprint density at radius 1 is 0.917 bits per heavy atom. The first-order chi connectivity index (χ1) is 17.5. The third kappa shape index (κ3) is 5.75. The molecule has 0 spiro atoms. The van der Waals surface area contributed by atoms with E-state index in [0.717, 1.165) is 28.2 Å². The fourth-order valence-electron chi connectivity index (χ4n) is 4.72. The molecule has 0 unspecified atom stereocenters. The molecule has 0 saturated heterocycles. The third-order valence-corrected chi connectivity index (χ3v) is 6.64. The van der Waals surface area contributed by atoms with Crippen molar-refractivity contribution in [2.75, 3.05) is 6.54 Å². The second-order valence-corrected chi connectivity index (χ2v) is 9.26. The van der Waals surface area contributed by atoms with Crippen LogP contribution in [0.3, 0.4) is 0 Å². The lowest BCUT2D eigenvalue weighted by molar-refractivity contribution is -0.131. The summed E-state index contributed by atoms with van der Waals surface area (Å²) in [5.41, 5.74) is 9.02. The Kier molecular flexibility index (Phi) is 8.02. The molecule has 0 bridgehead atoms. The average molecular weight is 476 g/mol. The van der Waals surface area contributed by atoms with Crippen molar-refractivity contribution >= 4 is 5.91 Å². The lowest BCUT2D eigenvalue weighted by atomic mass is 10.0. The molecular weight excluding hydrogens is 442 g/mol. The second-order valence-electron chi connectivity index (χ2n) is 9.26. The summed E-state index contributed by atoms with van der Waals surface area (Å²) < 4.78 is 2.26. The van der Waals surface area contributed by atoms with Gasteiger partial charge in [0.1, 0.15) is 0 Å². The summed E-state index contributed by atoms with van der Waals surface area (Å²) in [6, 6.07) is 31.3. The van der Waals surface area contributed by atoms with Gasteiger partial charge in [0.05, 0.1) is 18.2 Å². The van der Waals surface area contributed by atoms with Crippen LogP contribution in [0.15, 0.2) is 84.9 Å². The van der Waals surface area contributed by atoms with E-state index in [4.69, 9.17) is 5.26 Å². The fraction of sp³-hybridized carbons (Fsp3) is 0.250. The Morgan fingerprint density at radius 3 is 2.33 bits per heavy atom. The third-order valence-electron chi connectivity index (χ3n) is 6.64. The van der Waals surface area contributed by atoms with E-state index in [2.05, 4.69) is 79.1 Å². The normalized spacial score (nSPS) is 10.7. The first kappa shape index (κ1) is 25.0. The monoisotopic (exact) mass is 475 g/mol. The number of benzene rings is 3. The molecule has 0 aliphatic rings. The molecule has 4 heteroatoms. The molecule has 36 heavy (non-hydrogen) atoms. The van der Waals surface area contributed by atoms with E-state index in [1.54, 1.807) is 0 Å². The summed E-state index contributed by atoms with van der Waals surface area (Å²) in [5, 5.41) is 9.05. The van der Waals surface area contributed by atoms with Gasteiger partial charge in [-0.2, -0.15) is 5.26 Å². The van der Waals surface area contributed by atoms with Crippen molar-refractivity contribution in [2.24, 2.45) is 0 Å². The van der Waals surface area contributed by atoms with Crippen LogP contribution >= 0.6 is 0 Å². The van der Waals surface area contributed by atoms with Crippen LogP contribution < -0.4 is 0 Å². The van der Waals surface area contributed by atoms with Crippen molar-refractivity contribution in [3.8, 4) is 23.0 Å². The highest BCUT2D eigenvalue weighted by molar-refractivity contribution is 5.76. The van der Waals surface area contributed by atoms with E-state index in [0.29, 0.717) is 32.4 Å². The Bertz CT molecular complexity index is 1360. The largest absolute Gasteiger partial charge is 0.339 e. The first-order valence-corrected chi connectivity index (χ1v) is 12.6. The molecule has 0 atom stereocenters. The first-order valence-electron chi connectivity index (χ1n) is 12.6. The van der Waals surface area contributed by atoms with Crippen molar-refractivity contribution in [3.63, 3.8) is 0 Å². The molecule has 0 fully saturated rings. The minimum Gasteiger partial charge on any atom is -0.339 e. The van der Waals surface area contributed by atoms with Gasteiger partial charge in [0.2, 0.25) is 5.91 Å². The lowest BCUT2D eigenvalue weighted by Gasteiger charge is -2.21. The maximum absolute atomic E-state index is 13.2. The number of amides is 1. The highest BCUT2D eigenvalue weighted by Crippen LogP contribution is 2.30. The number of hydrogen-bond donors (Lipinski definition) is 0. The maximum Gasteiger partial charge on any atom is 0.223 e. The number of nitrogens with zero attached hydrogens (tertiary/aromatic N) is 3. The van der Waals surface area contributed by atoms with Crippen LogP contribution in [-0.2, 0) is 24.2 Å². The fourth-order valence-corrected chi connectivity index (χ4v) is 4.72. The average Bonchev–Trinajstić information content (AvgIpc) is 3.30. The highest BCUT2D eigenvalue weighted by atomic mass is 16.2. The van der Waals surface area contributed by atoms with Gasteiger partial charge < -0.3 is 9.47 Å². The van der Waals surface area contributed by atoms with Gasteiger partial charge in [0.25, 0.3) is 0 Å². The van der Waals surface area contributed by atoms with Crippen LogP contribution in [0.4, 0.5) is 0 Å². The molecule has 182 valence electrons. The lowest BCUT2D eigenvalue weighted by Crippen LogP contribution is -2.30. The number of nitriles is 1. The molecule has 1 heterocycles. The predicted molar refractivity (Wildman–Crippen MR) is 146 cm³/mol. The number of aryl methyl sites for hydroxylation is 3. The Hall–Kier alpha value is -4.10. The molecule has 1 aromatic heterocycles. The van der Waals surface area contributed by atoms with Crippen molar-refractivity contribution in [1.29, 1.82) is 5.26 Å². The van der Waals surface area contributed by atoms with Crippen molar-refractivity contribution in [3.05, 3.63) is 113 Å².